The average Bonchev–Trinajstić information content (AvgIpc) is 2.29. The van der Waals surface area contributed by atoms with E-state index in [1.54, 1.807) is 0 Å². The first-order chi connectivity index (χ1) is 5.82. The summed E-state index contributed by atoms with van der Waals surface area (Å²) in [7, 11) is -0.906. The molecular weight excluding hydrogens is 188 g/mol. The highest BCUT2D eigenvalue weighted by molar-refractivity contribution is 6.57. The normalized spacial score (nSPS) is 11.8. The molecule has 2 N–H and O–H groups in total. The molecule has 0 radical (unpaired) electrons. The smallest absolute Gasteiger partial charge is 0.422 e. The Morgan fingerprint density at radius 1 is 1.46 bits per heavy atom. The van der Waals surface area contributed by atoms with Gasteiger partial charge in [0.05, 0.1) is 5.59 Å². The van der Waals surface area contributed by atoms with Crippen molar-refractivity contribution in [1.29, 1.82) is 0 Å². The molecule has 8 heteroatoms. The number of hydrogen-bond acceptors (Lipinski definition) is 3. The molecule has 0 aliphatic rings. The van der Waals surface area contributed by atoms with Gasteiger partial charge in [-0.3, -0.25) is 4.68 Å². The summed E-state index contributed by atoms with van der Waals surface area (Å²) in [5.41, 5.74) is -1.44. The number of nitrogens with zero attached hydrogens (tertiary/aromatic N) is 2. The van der Waals surface area contributed by atoms with Gasteiger partial charge in [0, 0.05) is 7.05 Å². The van der Waals surface area contributed by atoms with Crippen LogP contribution in [0.5, 0.6) is 0 Å². The van der Waals surface area contributed by atoms with Crippen molar-refractivity contribution in [2.24, 2.45) is 7.05 Å². The maximum absolute atomic E-state index is 12.1. The molecule has 0 amide bonds. The van der Waals surface area contributed by atoms with Gasteiger partial charge in [-0.1, -0.05) is 0 Å². The van der Waals surface area contributed by atoms with E-state index in [1.807, 2.05) is 0 Å². The van der Waals surface area contributed by atoms with Gasteiger partial charge in [-0.25, -0.2) is 0 Å². The molecule has 0 atom stereocenters. The molecule has 13 heavy (non-hydrogen) atoms. The summed E-state index contributed by atoms with van der Waals surface area (Å²) in [5, 5.41) is 20.4. The molecule has 1 aromatic heterocycles. The van der Waals surface area contributed by atoms with Crippen LogP contribution in [0, 0.1) is 0 Å². The first kappa shape index (κ1) is 10.1. The van der Waals surface area contributed by atoms with Gasteiger partial charge in [-0.15, -0.1) is 0 Å². The lowest BCUT2D eigenvalue weighted by Gasteiger charge is -2.04. The highest BCUT2D eigenvalue weighted by Crippen LogP contribution is 2.27. The van der Waals surface area contributed by atoms with Crippen LogP contribution in [-0.2, 0) is 13.2 Å². The van der Waals surface area contributed by atoms with Crippen molar-refractivity contribution in [3.63, 3.8) is 0 Å². The maximum Gasteiger partial charge on any atom is 0.510 e. The quantitative estimate of drug-likeness (QED) is 0.570. The Bertz CT molecular complexity index is 309. The number of rotatable bonds is 1. The van der Waals surface area contributed by atoms with Gasteiger partial charge in [0.2, 0.25) is 0 Å². The first-order valence-corrected chi connectivity index (χ1v) is 3.29. The Balaban J connectivity index is 3.11. The Morgan fingerprint density at radius 3 is 2.23 bits per heavy atom. The predicted octanol–water partition coefficient (Wildman–Crippen LogP) is -0.881. The summed E-state index contributed by atoms with van der Waals surface area (Å²) in [6.45, 7) is 0. The fourth-order valence-electron chi connectivity index (χ4n) is 0.881. The van der Waals surface area contributed by atoms with E-state index < -0.39 is 24.6 Å². The van der Waals surface area contributed by atoms with Crippen molar-refractivity contribution >= 4 is 12.7 Å². The highest BCUT2D eigenvalue weighted by Gasteiger charge is 2.36. The van der Waals surface area contributed by atoms with Gasteiger partial charge in [0.1, 0.15) is 5.69 Å². The molecule has 4 nitrogen and oxygen atoms in total. The van der Waals surface area contributed by atoms with Gasteiger partial charge < -0.3 is 10.0 Å². The SMILES string of the molecule is Cn1nc(B(O)O)cc1C(F)(F)F. The van der Waals surface area contributed by atoms with Crippen molar-refractivity contribution in [2.45, 2.75) is 6.18 Å². The van der Waals surface area contributed by atoms with E-state index in [-0.39, 0.29) is 0 Å². The molecule has 0 saturated heterocycles. The standard InChI is InChI=1S/C5H6BF3N2O2/c1-11-3(5(7,8)9)2-4(10-11)6(12)13/h2,12-13H,1H3. The van der Waals surface area contributed by atoms with Gasteiger partial charge in [0.15, 0.2) is 0 Å². The number of alkyl halides is 3. The van der Waals surface area contributed by atoms with E-state index in [2.05, 4.69) is 5.10 Å². The van der Waals surface area contributed by atoms with Gasteiger partial charge in [-0.05, 0) is 6.07 Å². The Morgan fingerprint density at radius 2 is 2.00 bits per heavy atom. The second-order valence-electron chi connectivity index (χ2n) is 2.45. The highest BCUT2D eigenvalue weighted by atomic mass is 19.4. The summed E-state index contributed by atoms with van der Waals surface area (Å²) in [6.07, 6.45) is -4.53. The minimum atomic E-state index is -4.53. The van der Waals surface area contributed by atoms with Crippen LogP contribution >= 0.6 is 0 Å². The van der Waals surface area contributed by atoms with Crippen LogP contribution < -0.4 is 5.59 Å². The molecule has 0 spiro atoms. The molecule has 0 fully saturated rings. The van der Waals surface area contributed by atoms with Crippen molar-refractivity contribution in [1.82, 2.24) is 9.78 Å². The Kier molecular flexibility index (Phi) is 2.35. The molecular formula is C5H6BF3N2O2. The minimum Gasteiger partial charge on any atom is -0.422 e. The van der Waals surface area contributed by atoms with Crippen LogP contribution in [0.2, 0.25) is 0 Å². The van der Waals surface area contributed by atoms with E-state index in [0.29, 0.717) is 10.7 Å². The lowest BCUT2D eigenvalue weighted by molar-refractivity contribution is -0.143. The van der Waals surface area contributed by atoms with Gasteiger partial charge in [-0.2, -0.15) is 18.3 Å². The Labute approximate surface area is 71.7 Å². The zero-order valence-corrected chi connectivity index (χ0v) is 6.58. The van der Waals surface area contributed by atoms with E-state index in [0.717, 1.165) is 7.05 Å². The van der Waals surface area contributed by atoms with Crippen LogP contribution in [-0.4, -0.2) is 26.9 Å². The molecule has 1 aromatic rings. The predicted molar refractivity (Wildman–Crippen MR) is 38.0 cm³/mol. The summed E-state index contributed by atoms with van der Waals surface area (Å²) in [4.78, 5) is 0. The molecule has 0 saturated carbocycles. The van der Waals surface area contributed by atoms with Gasteiger partial charge in [0.25, 0.3) is 0 Å². The summed E-state index contributed by atoms with van der Waals surface area (Å²) < 4.78 is 36.9. The third kappa shape index (κ3) is 2.01. The third-order valence-electron chi connectivity index (χ3n) is 1.45. The average molecular weight is 194 g/mol. The lowest BCUT2D eigenvalue weighted by Crippen LogP contribution is -2.31. The van der Waals surface area contributed by atoms with Crippen LogP contribution in [0.25, 0.3) is 0 Å². The topological polar surface area (TPSA) is 58.3 Å². The van der Waals surface area contributed by atoms with Crippen molar-refractivity contribution in [3.05, 3.63) is 11.8 Å². The third-order valence-corrected chi connectivity index (χ3v) is 1.45. The van der Waals surface area contributed by atoms with E-state index in [9.17, 15) is 13.2 Å². The first-order valence-electron chi connectivity index (χ1n) is 3.29. The largest absolute Gasteiger partial charge is 0.510 e. The second-order valence-corrected chi connectivity index (χ2v) is 2.45. The van der Waals surface area contributed by atoms with Crippen molar-refractivity contribution in [3.8, 4) is 0 Å². The number of aryl methyl sites for hydroxylation is 1. The van der Waals surface area contributed by atoms with E-state index in [4.69, 9.17) is 10.0 Å². The number of halogens is 3. The van der Waals surface area contributed by atoms with Crippen LogP contribution in [0.3, 0.4) is 0 Å². The zero-order chi connectivity index (χ0) is 10.2. The molecule has 0 aliphatic heterocycles. The summed E-state index contributed by atoms with van der Waals surface area (Å²) in [5.74, 6) is 0. The zero-order valence-electron chi connectivity index (χ0n) is 6.58. The van der Waals surface area contributed by atoms with Crippen LogP contribution in [0.4, 0.5) is 13.2 Å². The molecule has 72 valence electrons. The number of hydrogen-bond donors (Lipinski definition) is 2. The maximum atomic E-state index is 12.1. The fraction of sp³-hybridized carbons (Fsp3) is 0.400. The van der Waals surface area contributed by atoms with Crippen LogP contribution in [0.1, 0.15) is 5.69 Å². The molecule has 1 heterocycles. The summed E-state index contributed by atoms with van der Waals surface area (Å²) in [6, 6.07) is 0.588. The van der Waals surface area contributed by atoms with E-state index in [1.165, 1.54) is 0 Å². The molecule has 0 aromatic carbocycles. The molecule has 0 bridgehead atoms. The monoisotopic (exact) mass is 194 g/mol. The Hall–Kier alpha value is -1.02. The molecule has 1 rings (SSSR count). The van der Waals surface area contributed by atoms with Gasteiger partial charge >= 0.3 is 13.3 Å². The summed E-state index contributed by atoms with van der Waals surface area (Å²) >= 11 is 0. The fourth-order valence-corrected chi connectivity index (χ4v) is 0.881. The number of aromatic nitrogens is 2. The van der Waals surface area contributed by atoms with Crippen molar-refractivity contribution in [2.75, 3.05) is 0 Å². The lowest BCUT2D eigenvalue weighted by atomic mass is 9.86. The molecule has 0 unspecified atom stereocenters. The van der Waals surface area contributed by atoms with E-state index >= 15 is 0 Å². The van der Waals surface area contributed by atoms with Crippen LogP contribution in [0.15, 0.2) is 6.07 Å². The van der Waals surface area contributed by atoms with Crippen molar-refractivity contribution < 1.29 is 23.2 Å². The minimum absolute atomic E-state index is 0.421. The molecule has 0 aliphatic carbocycles. The second kappa shape index (κ2) is 3.04.